The minimum atomic E-state index is -4.34. The van der Waals surface area contributed by atoms with Crippen molar-refractivity contribution < 1.29 is 13.2 Å². The summed E-state index contributed by atoms with van der Waals surface area (Å²) in [7, 11) is 0. The van der Waals surface area contributed by atoms with Crippen LogP contribution in [0.4, 0.5) is 13.2 Å². The molecule has 71 valence electrons. The van der Waals surface area contributed by atoms with Crippen LogP contribution in [0.25, 0.3) is 10.9 Å². The van der Waals surface area contributed by atoms with Crippen LogP contribution in [0.1, 0.15) is 5.56 Å². The highest BCUT2D eigenvalue weighted by molar-refractivity contribution is 5.82. The lowest BCUT2D eigenvalue weighted by Crippen LogP contribution is -2.05. The molecule has 0 fully saturated rings. The second-order valence-corrected chi connectivity index (χ2v) is 2.81. The van der Waals surface area contributed by atoms with E-state index in [0.717, 1.165) is 6.07 Å². The van der Waals surface area contributed by atoms with Crippen LogP contribution in [0, 0.1) is 6.07 Å². The maximum atomic E-state index is 12.5. The number of hydrogen-bond acceptors (Lipinski definition) is 1. The maximum Gasteiger partial charge on any atom is 0.417 e. The standard InChI is InChI=1S/C10H5F3N/c11-10(12,13)8-4-1-5-9-7(8)3-2-6-14-9/h1,3-6H. The Morgan fingerprint density at radius 1 is 1.21 bits per heavy atom. The van der Waals surface area contributed by atoms with Crippen LogP contribution >= 0.6 is 0 Å². The molecule has 1 aromatic carbocycles. The summed E-state index contributed by atoms with van der Waals surface area (Å²) in [5.74, 6) is 0. The van der Waals surface area contributed by atoms with Crippen LogP contribution < -0.4 is 0 Å². The number of aromatic nitrogens is 1. The lowest BCUT2D eigenvalue weighted by Gasteiger charge is -2.08. The molecule has 0 saturated carbocycles. The number of alkyl halides is 3. The Morgan fingerprint density at radius 3 is 2.71 bits per heavy atom. The first kappa shape index (κ1) is 8.99. The number of halogens is 3. The minimum Gasteiger partial charge on any atom is -0.256 e. The van der Waals surface area contributed by atoms with Crippen molar-refractivity contribution in [2.75, 3.05) is 0 Å². The van der Waals surface area contributed by atoms with Crippen LogP contribution in [-0.4, -0.2) is 4.98 Å². The molecule has 0 N–H and O–H groups in total. The first-order valence-electron chi connectivity index (χ1n) is 3.91. The van der Waals surface area contributed by atoms with E-state index >= 15 is 0 Å². The molecule has 2 aromatic rings. The fourth-order valence-electron chi connectivity index (χ4n) is 1.29. The maximum absolute atomic E-state index is 12.5. The third-order valence-corrected chi connectivity index (χ3v) is 1.89. The van der Waals surface area contributed by atoms with Gasteiger partial charge in [0.25, 0.3) is 0 Å². The van der Waals surface area contributed by atoms with Gasteiger partial charge in [0.1, 0.15) is 0 Å². The molecular weight excluding hydrogens is 191 g/mol. The number of nitrogens with zero attached hydrogens (tertiary/aromatic N) is 1. The zero-order chi connectivity index (χ0) is 10.2. The van der Waals surface area contributed by atoms with E-state index < -0.39 is 11.7 Å². The molecule has 4 heteroatoms. The normalized spacial score (nSPS) is 11.9. The fraction of sp³-hybridized carbons (Fsp3) is 0.100. The molecule has 0 saturated heterocycles. The molecule has 1 heterocycles. The van der Waals surface area contributed by atoms with Crippen LogP contribution in [0.2, 0.25) is 0 Å². The van der Waals surface area contributed by atoms with Gasteiger partial charge < -0.3 is 0 Å². The van der Waals surface area contributed by atoms with Gasteiger partial charge in [-0.25, -0.2) is 0 Å². The first-order valence-corrected chi connectivity index (χ1v) is 3.91. The zero-order valence-corrected chi connectivity index (χ0v) is 6.97. The van der Waals surface area contributed by atoms with Crippen molar-refractivity contribution >= 4 is 10.9 Å². The van der Waals surface area contributed by atoms with Crippen molar-refractivity contribution in [2.45, 2.75) is 6.18 Å². The van der Waals surface area contributed by atoms with Crippen LogP contribution in [0.3, 0.4) is 0 Å². The summed E-state index contributed by atoms with van der Waals surface area (Å²) in [6.45, 7) is 0. The van der Waals surface area contributed by atoms with Crippen molar-refractivity contribution in [3.63, 3.8) is 0 Å². The van der Waals surface area contributed by atoms with E-state index in [2.05, 4.69) is 11.1 Å². The summed E-state index contributed by atoms with van der Waals surface area (Å²) < 4.78 is 37.4. The Kier molecular flexibility index (Phi) is 1.91. The third kappa shape index (κ3) is 1.43. The quantitative estimate of drug-likeness (QED) is 0.631. The molecule has 2 rings (SSSR count). The predicted molar refractivity (Wildman–Crippen MR) is 45.6 cm³/mol. The summed E-state index contributed by atoms with van der Waals surface area (Å²) in [6, 6.07) is 7.76. The number of pyridine rings is 1. The van der Waals surface area contributed by atoms with E-state index in [-0.39, 0.29) is 5.39 Å². The summed E-state index contributed by atoms with van der Waals surface area (Å²) >= 11 is 0. The van der Waals surface area contributed by atoms with Gasteiger partial charge in [0, 0.05) is 17.6 Å². The van der Waals surface area contributed by atoms with Gasteiger partial charge in [-0.3, -0.25) is 4.98 Å². The van der Waals surface area contributed by atoms with E-state index in [9.17, 15) is 13.2 Å². The topological polar surface area (TPSA) is 12.9 Å². The van der Waals surface area contributed by atoms with E-state index in [0.29, 0.717) is 5.52 Å². The van der Waals surface area contributed by atoms with E-state index in [4.69, 9.17) is 0 Å². The molecule has 1 nitrogen and oxygen atoms in total. The van der Waals surface area contributed by atoms with Crippen LogP contribution in [0.5, 0.6) is 0 Å². The van der Waals surface area contributed by atoms with Crippen LogP contribution in [0.15, 0.2) is 30.5 Å². The summed E-state index contributed by atoms with van der Waals surface area (Å²) in [6.07, 6.45) is -2.99. The molecule has 0 aliphatic carbocycles. The molecule has 1 aromatic heterocycles. The van der Waals surface area contributed by atoms with Gasteiger partial charge in [0.15, 0.2) is 0 Å². The van der Waals surface area contributed by atoms with E-state index in [1.54, 1.807) is 6.07 Å². The summed E-state index contributed by atoms with van der Waals surface area (Å²) in [5.41, 5.74) is -0.335. The first-order chi connectivity index (χ1) is 6.59. The highest BCUT2D eigenvalue weighted by Gasteiger charge is 2.32. The Balaban J connectivity index is 2.78. The average molecular weight is 196 g/mol. The van der Waals surface area contributed by atoms with Gasteiger partial charge in [-0.15, -0.1) is 0 Å². The van der Waals surface area contributed by atoms with Gasteiger partial charge in [0.05, 0.1) is 11.1 Å². The lowest BCUT2D eigenvalue weighted by molar-refractivity contribution is -0.136. The Hall–Kier alpha value is -1.58. The number of fused-ring (bicyclic) bond motifs is 1. The van der Waals surface area contributed by atoms with Gasteiger partial charge in [-0.05, 0) is 18.2 Å². The second kappa shape index (κ2) is 2.97. The minimum absolute atomic E-state index is 0.0856. The lowest BCUT2D eigenvalue weighted by atomic mass is 10.1. The zero-order valence-electron chi connectivity index (χ0n) is 6.97. The van der Waals surface area contributed by atoms with Crippen molar-refractivity contribution in [3.8, 4) is 0 Å². The summed E-state index contributed by atoms with van der Waals surface area (Å²) in [4.78, 5) is 3.80. The Morgan fingerprint density at radius 2 is 2.00 bits per heavy atom. The number of rotatable bonds is 0. The van der Waals surface area contributed by atoms with Gasteiger partial charge in [-0.1, -0.05) is 6.07 Å². The number of benzene rings is 1. The predicted octanol–water partition coefficient (Wildman–Crippen LogP) is 3.05. The molecular formula is C10H5F3N. The van der Waals surface area contributed by atoms with Crippen molar-refractivity contribution in [1.82, 2.24) is 4.98 Å². The fourth-order valence-corrected chi connectivity index (χ4v) is 1.29. The van der Waals surface area contributed by atoms with E-state index in [1.807, 2.05) is 0 Å². The van der Waals surface area contributed by atoms with Crippen molar-refractivity contribution in [1.29, 1.82) is 0 Å². The van der Waals surface area contributed by atoms with Crippen LogP contribution in [-0.2, 0) is 6.18 Å². The largest absolute Gasteiger partial charge is 0.417 e. The number of hydrogen-bond donors (Lipinski definition) is 0. The molecule has 0 atom stereocenters. The molecule has 1 radical (unpaired) electrons. The molecule has 14 heavy (non-hydrogen) atoms. The smallest absolute Gasteiger partial charge is 0.256 e. The molecule has 0 unspecified atom stereocenters. The SMILES string of the molecule is FC(F)(F)c1cccc2nc[c]cc12. The molecule has 0 amide bonds. The summed E-state index contributed by atoms with van der Waals surface area (Å²) in [5, 5.41) is 0.0856. The molecule has 0 spiro atoms. The highest BCUT2D eigenvalue weighted by atomic mass is 19.4. The van der Waals surface area contributed by atoms with Crippen molar-refractivity contribution in [3.05, 3.63) is 42.1 Å². The van der Waals surface area contributed by atoms with Gasteiger partial charge in [-0.2, -0.15) is 13.2 Å². The van der Waals surface area contributed by atoms with Crippen molar-refractivity contribution in [2.24, 2.45) is 0 Å². The molecule has 0 aliphatic heterocycles. The van der Waals surface area contributed by atoms with E-state index in [1.165, 1.54) is 18.3 Å². The highest BCUT2D eigenvalue weighted by Crippen LogP contribution is 2.33. The average Bonchev–Trinajstić information content (AvgIpc) is 2.15. The monoisotopic (exact) mass is 196 g/mol. The van der Waals surface area contributed by atoms with Gasteiger partial charge >= 0.3 is 6.18 Å². The van der Waals surface area contributed by atoms with Gasteiger partial charge in [0.2, 0.25) is 0 Å². The third-order valence-electron chi connectivity index (χ3n) is 1.89. The molecule has 0 bridgehead atoms. The molecule has 0 aliphatic rings. The Labute approximate surface area is 78.2 Å². The second-order valence-electron chi connectivity index (χ2n) is 2.81. The Bertz CT molecular complexity index is 457.